The van der Waals surface area contributed by atoms with Crippen LogP contribution in [0.2, 0.25) is 0 Å². The van der Waals surface area contributed by atoms with Crippen molar-refractivity contribution in [3.05, 3.63) is 54.4 Å². The summed E-state index contributed by atoms with van der Waals surface area (Å²) in [4.78, 5) is 31.4. The van der Waals surface area contributed by atoms with Gasteiger partial charge in [-0.3, -0.25) is 9.36 Å². The second-order valence-electron chi connectivity index (χ2n) is 6.26. The van der Waals surface area contributed by atoms with E-state index in [2.05, 4.69) is 25.3 Å². The maximum Gasteiger partial charge on any atom is 0.237 e. The number of imidazole rings is 1. The third-order valence-corrected chi connectivity index (χ3v) is 4.09. The Kier molecular flexibility index (Phi) is 6.15. The average molecular weight is 381 g/mol. The Morgan fingerprint density at radius 3 is 2.89 bits per heavy atom. The van der Waals surface area contributed by atoms with E-state index in [-0.39, 0.29) is 5.91 Å². The Labute approximate surface area is 163 Å². The van der Waals surface area contributed by atoms with Crippen molar-refractivity contribution < 1.29 is 9.53 Å². The number of hydrogen-bond acceptors (Lipinski definition) is 7. The van der Waals surface area contributed by atoms with Crippen LogP contribution in [-0.4, -0.2) is 51.1 Å². The van der Waals surface area contributed by atoms with Crippen LogP contribution in [0.5, 0.6) is 5.88 Å². The first kappa shape index (κ1) is 19.3. The van der Waals surface area contributed by atoms with Crippen LogP contribution in [0.4, 0.5) is 5.82 Å². The molecule has 1 N–H and O–H groups in total. The number of nitrogens with one attached hydrogen (secondary N) is 1. The van der Waals surface area contributed by atoms with Gasteiger partial charge < -0.3 is 15.0 Å². The van der Waals surface area contributed by atoms with Crippen molar-refractivity contribution in [2.45, 2.75) is 19.9 Å². The monoisotopic (exact) mass is 381 g/mol. The van der Waals surface area contributed by atoms with Gasteiger partial charge in [-0.1, -0.05) is 6.07 Å². The molecule has 3 aromatic rings. The molecule has 0 fully saturated rings. The van der Waals surface area contributed by atoms with E-state index in [9.17, 15) is 4.79 Å². The maximum absolute atomic E-state index is 12.2. The number of methoxy groups -OCH3 is 1. The van der Waals surface area contributed by atoms with E-state index in [1.807, 2.05) is 37.1 Å². The van der Waals surface area contributed by atoms with E-state index in [0.29, 0.717) is 31.3 Å². The number of hydrogen-bond donors (Lipinski definition) is 1. The number of aromatic nitrogens is 5. The molecule has 0 saturated carbocycles. The minimum absolute atomic E-state index is 0.0583. The number of amides is 1. The molecule has 3 rings (SSSR count). The van der Waals surface area contributed by atoms with Gasteiger partial charge in [0.15, 0.2) is 0 Å². The van der Waals surface area contributed by atoms with Gasteiger partial charge in [0.05, 0.1) is 19.3 Å². The average Bonchev–Trinajstić information content (AvgIpc) is 3.25. The summed E-state index contributed by atoms with van der Waals surface area (Å²) in [5.41, 5.74) is 1.59. The van der Waals surface area contributed by atoms with Crippen molar-refractivity contribution in [1.82, 2.24) is 29.8 Å². The van der Waals surface area contributed by atoms with Crippen LogP contribution in [0.1, 0.15) is 17.8 Å². The standard InChI is InChI=1S/C19H23N7O2/c1-14-11-16(24-19(22-14)26-10-8-20-13-26)25(2)9-7-17(27)21-12-15-5-4-6-18(23-15)28-3/h4-6,8,10-11,13H,7,9,12H2,1-3H3,(H,21,27). The molecular weight excluding hydrogens is 358 g/mol. The van der Waals surface area contributed by atoms with Crippen molar-refractivity contribution in [1.29, 1.82) is 0 Å². The largest absolute Gasteiger partial charge is 0.481 e. The number of anilines is 1. The van der Waals surface area contributed by atoms with E-state index < -0.39 is 0 Å². The molecule has 9 nitrogen and oxygen atoms in total. The van der Waals surface area contributed by atoms with Crippen LogP contribution >= 0.6 is 0 Å². The first-order valence-electron chi connectivity index (χ1n) is 8.87. The van der Waals surface area contributed by atoms with E-state index in [1.165, 1.54) is 0 Å². The van der Waals surface area contributed by atoms with Gasteiger partial charge in [-0.2, -0.15) is 4.98 Å². The molecule has 1 amide bonds. The summed E-state index contributed by atoms with van der Waals surface area (Å²) in [6, 6.07) is 7.34. The Hall–Kier alpha value is -3.49. The number of pyridine rings is 1. The zero-order chi connectivity index (χ0) is 19.9. The van der Waals surface area contributed by atoms with Gasteiger partial charge in [-0.05, 0) is 13.0 Å². The molecule has 0 aromatic carbocycles. The molecule has 146 valence electrons. The summed E-state index contributed by atoms with van der Waals surface area (Å²) < 4.78 is 6.84. The van der Waals surface area contributed by atoms with Crippen molar-refractivity contribution in [3.8, 4) is 11.8 Å². The van der Waals surface area contributed by atoms with Crippen LogP contribution < -0.4 is 15.0 Å². The third-order valence-electron chi connectivity index (χ3n) is 4.09. The lowest BCUT2D eigenvalue weighted by atomic mass is 10.3. The minimum atomic E-state index is -0.0583. The topological polar surface area (TPSA) is 98.1 Å². The number of nitrogens with zero attached hydrogens (tertiary/aromatic N) is 6. The van der Waals surface area contributed by atoms with Crippen molar-refractivity contribution >= 4 is 11.7 Å². The Morgan fingerprint density at radius 1 is 1.29 bits per heavy atom. The van der Waals surface area contributed by atoms with Crippen molar-refractivity contribution in [2.24, 2.45) is 0 Å². The number of ether oxygens (including phenoxy) is 1. The van der Waals surface area contributed by atoms with Crippen LogP contribution in [0.3, 0.4) is 0 Å². The van der Waals surface area contributed by atoms with Crippen LogP contribution in [-0.2, 0) is 11.3 Å². The second kappa shape index (κ2) is 8.94. The predicted octanol–water partition coefficient (Wildman–Crippen LogP) is 1.52. The highest BCUT2D eigenvalue weighted by Gasteiger charge is 2.10. The lowest BCUT2D eigenvalue weighted by Gasteiger charge is -2.19. The SMILES string of the molecule is COc1cccc(CNC(=O)CCN(C)c2cc(C)nc(-n3ccnc3)n2)n1. The third kappa shape index (κ3) is 5.03. The van der Waals surface area contributed by atoms with E-state index in [4.69, 9.17) is 4.74 Å². The Balaban J connectivity index is 1.54. The van der Waals surface area contributed by atoms with E-state index in [1.54, 1.807) is 36.5 Å². The first-order valence-corrected chi connectivity index (χ1v) is 8.87. The van der Waals surface area contributed by atoms with Crippen LogP contribution in [0.15, 0.2) is 43.0 Å². The van der Waals surface area contributed by atoms with Gasteiger partial charge in [-0.25, -0.2) is 15.0 Å². The summed E-state index contributed by atoms with van der Waals surface area (Å²) in [6.45, 7) is 2.79. The normalized spacial score (nSPS) is 10.5. The number of carbonyl (C=O) groups is 1. The highest BCUT2D eigenvalue weighted by atomic mass is 16.5. The Bertz CT molecular complexity index is 928. The quantitative estimate of drug-likeness (QED) is 0.632. The Morgan fingerprint density at radius 2 is 2.14 bits per heavy atom. The zero-order valence-corrected chi connectivity index (χ0v) is 16.2. The molecule has 0 radical (unpaired) electrons. The molecule has 3 aromatic heterocycles. The number of carbonyl (C=O) groups excluding carboxylic acids is 1. The van der Waals surface area contributed by atoms with E-state index in [0.717, 1.165) is 17.2 Å². The van der Waals surface area contributed by atoms with Gasteiger partial charge >= 0.3 is 0 Å². The highest BCUT2D eigenvalue weighted by Crippen LogP contribution is 2.13. The molecule has 0 unspecified atom stereocenters. The number of aryl methyl sites for hydroxylation is 1. The van der Waals surface area contributed by atoms with Crippen molar-refractivity contribution in [3.63, 3.8) is 0 Å². The van der Waals surface area contributed by atoms with Gasteiger partial charge in [-0.15, -0.1) is 0 Å². The lowest BCUT2D eigenvalue weighted by molar-refractivity contribution is -0.121. The first-order chi connectivity index (χ1) is 13.5. The van der Waals surface area contributed by atoms with Gasteiger partial charge in [0.2, 0.25) is 17.7 Å². The summed E-state index contributed by atoms with van der Waals surface area (Å²) >= 11 is 0. The molecule has 0 bridgehead atoms. The van der Waals surface area contributed by atoms with Crippen LogP contribution in [0, 0.1) is 6.92 Å². The molecule has 0 spiro atoms. The molecule has 0 saturated heterocycles. The summed E-state index contributed by atoms with van der Waals surface area (Å²) in [5.74, 6) is 1.77. The second-order valence-corrected chi connectivity index (χ2v) is 6.26. The maximum atomic E-state index is 12.2. The lowest BCUT2D eigenvalue weighted by Crippen LogP contribution is -2.29. The molecule has 9 heteroatoms. The summed E-state index contributed by atoms with van der Waals surface area (Å²) in [7, 11) is 3.46. The highest BCUT2D eigenvalue weighted by molar-refractivity contribution is 5.76. The minimum Gasteiger partial charge on any atom is -0.481 e. The molecular formula is C19H23N7O2. The van der Waals surface area contributed by atoms with Gasteiger partial charge in [0.1, 0.15) is 12.1 Å². The van der Waals surface area contributed by atoms with Gasteiger partial charge in [0.25, 0.3) is 0 Å². The molecule has 0 aliphatic heterocycles. The van der Waals surface area contributed by atoms with E-state index >= 15 is 0 Å². The molecule has 28 heavy (non-hydrogen) atoms. The summed E-state index contributed by atoms with van der Waals surface area (Å²) in [5, 5.41) is 2.87. The molecule has 0 aliphatic rings. The fourth-order valence-electron chi connectivity index (χ4n) is 2.56. The smallest absolute Gasteiger partial charge is 0.237 e. The van der Waals surface area contributed by atoms with Crippen LogP contribution in [0.25, 0.3) is 5.95 Å². The fraction of sp³-hybridized carbons (Fsp3) is 0.316. The number of rotatable bonds is 8. The summed E-state index contributed by atoms with van der Waals surface area (Å²) in [6.07, 6.45) is 5.46. The zero-order valence-electron chi connectivity index (χ0n) is 16.2. The van der Waals surface area contributed by atoms with Crippen molar-refractivity contribution in [2.75, 3.05) is 25.6 Å². The molecule has 0 atom stereocenters. The fourth-order valence-corrected chi connectivity index (χ4v) is 2.56. The molecule has 3 heterocycles. The molecule has 0 aliphatic carbocycles. The predicted molar refractivity (Wildman–Crippen MR) is 104 cm³/mol. The van der Waals surface area contributed by atoms with Gasteiger partial charge in [0, 0.05) is 50.2 Å².